The van der Waals surface area contributed by atoms with E-state index in [2.05, 4.69) is 11.8 Å². The molecule has 0 bridgehead atoms. The van der Waals surface area contributed by atoms with Gasteiger partial charge in [-0.15, -0.1) is 0 Å². The van der Waals surface area contributed by atoms with E-state index in [1.54, 1.807) is 0 Å². The lowest BCUT2D eigenvalue weighted by Crippen LogP contribution is -2.50. The first-order chi connectivity index (χ1) is 12.1. The number of benzene rings is 1. The van der Waals surface area contributed by atoms with Crippen LogP contribution >= 0.6 is 11.6 Å². The molecule has 1 atom stereocenters. The monoisotopic (exact) mass is 363 g/mol. The molecular formula is C19H26ClN3O2. The molecule has 0 aliphatic carbocycles. The molecule has 1 aromatic carbocycles. The van der Waals surface area contributed by atoms with Crippen molar-refractivity contribution < 1.29 is 9.59 Å². The summed E-state index contributed by atoms with van der Waals surface area (Å²) in [7, 11) is 0. The van der Waals surface area contributed by atoms with Crippen LogP contribution in [0.1, 0.15) is 18.9 Å². The molecule has 2 amide bonds. The molecular weight excluding hydrogens is 338 g/mol. The van der Waals surface area contributed by atoms with Gasteiger partial charge < -0.3 is 14.7 Å². The molecule has 1 unspecified atom stereocenters. The Morgan fingerprint density at radius 3 is 2.68 bits per heavy atom. The van der Waals surface area contributed by atoms with E-state index in [1.165, 1.54) is 0 Å². The molecule has 3 rings (SSSR count). The first-order valence-electron chi connectivity index (χ1n) is 9.10. The molecule has 2 aliphatic heterocycles. The highest BCUT2D eigenvalue weighted by Crippen LogP contribution is 2.22. The van der Waals surface area contributed by atoms with Gasteiger partial charge in [-0.05, 0) is 30.7 Å². The molecule has 1 aromatic rings. The lowest BCUT2D eigenvalue weighted by Gasteiger charge is -2.35. The Bertz CT molecular complexity index is 629. The van der Waals surface area contributed by atoms with E-state index in [0.29, 0.717) is 24.5 Å². The molecule has 0 N–H and O–H groups in total. The Kier molecular flexibility index (Phi) is 5.97. The summed E-state index contributed by atoms with van der Waals surface area (Å²) in [4.78, 5) is 31.1. The molecule has 2 fully saturated rings. The number of hydrogen-bond donors (Lipinski definition) is 0. The summed E-state index contributed by atoms with van der Waals surface area (Å²) >= 11 is 6.01. The van der Waals surface area contributed by atoms with E-state index >= 15 is 0 Å². The van der Waals surface area contributed by atoms with Gasteiger partial charge in [0.25, 0.3) is 0 Å². The highest BCUT2D eigenvalue weighted by molar-refractivity contribution is 6.30. The highest BCUT2D eigenvalue weighted by atomic mass is 35.5. The minimum atomic E-state index is -0.181. The Morgan fingerprint density at radius 1 is 1.24 bits per heavy atom. The van der Waals surface area contributed by atoms with Gasteiger partial charge in [-0.1, -0.05) is 30.7 Å². The maximum Gasteiger partial charge on any atom is 0.228 e. The zero-order chi connectivity index (χ0) is 17.8. The van der Waals surface area contributed by atoms with Gasteiger partial charge in [-0.25, -0.2) is 0 Å². The van der Waals surface area contributed by atoms with Gasteiger partial charge in [-0.2, -0.15) is 0 Å². The summed E-state index contributed by atoms with van der Waals surface area (Å²) in [5.74, 6) is 0.0574. The number of amides is 2. The fourth-order valence-electron chi connectivity index (χ4n) is 3.65. The van der Waals surface area contributed by atoms with E-state index in [1.807, 2.05) is 34.1 Å². The quantitative estimate of drug-likeness (QED) is 0.802. The predicted octanol–water partition coefficient (Wildman–Crippen LogP) is 1.90. The number of carbonyl (C=O) groups is 2. The molecule has 6 heteroatoms. The first kappa shape index (κ1) is 18.2. The van der Waals surface area contributed by atoms with Crippen LogP contribution in [-0.2, 0) is 16.0 Å². The number of likely N-dealkylation sites (tertiary alicyclic amines) is 1. The first-order valence-corrected chi connectivity index (χ1v) is 9.48. The van der Waals surface area contributed by atoms with Crippen molar-refractivity contribution in [2.45, 2.75) is 19.8 Å². The molecule has 0 saturated carbocycles. The van der Waals surface area contributed by atoms with Crippen LogP contribution in [0.15, 0.2) is 24.3 Å². The van der Waals surface area contributed by atoms with E-state index in [4.69, 9.17) is 11.6 Å². The second kappa shape index (κ2) is 8.19. The van der Waals surface area contributed by atoms with Crippen LogP contribution in [0.3, 0.4) is 0 Å². The summed E-state index contributed by atoms with van der Waals surface area (Å²) in [5.41, 5.74) is 1.12. The van der Waals surface area contributed by atoms with Crippen LogP contribution in [0.5, 0.6) is 0 Å². The normalized spacial score (nSPS) is 21.8. The van der Waals surface area contributed by atoms with Crippen molar-refractivity contribution in [3.8, 4) is 0 Å². The minimum Gasteiger partial charge on any atom is -0.342 e. The van der Waals surface area contributed by atoms with Crippen LogP contribution in [-0.4, -0.2) is 72.3 Å². The lowest BCUT2D eigenvalue weighted by atomic mass is 10.1. The molecule has 136 valence electrons. The van der Waals surface area contributed by atoms with Crippen LogP contribution in [0.25, 0.3) is 0 Å². The van der Waals surface area contributed by atoms with Crippen molar-refractivity contribution in [3.63, 3.8) is 0 Å². The largest absolute Gasteiger partial charge is 0.342 e. The molecule has 0 spiro atoms. The van der Waals surface area contributed by atoms with Gasteiger partial charge in [0.15, 0.2) is 0 Å². The zero-order valence-electron chi connectivity index (χ0n) is 14.8. The smallest absolute Gasteiger partial charge is 0.228 e. The van der Waals surface area contributed by atoms with Crippen molar-refractivity contribution in [1.29, 1.82) is 0 Å². The highest BCUT2D eigenvalue weighted by Gasteiger charge is 2.36. The van der Waals surface area contributed by atoms with Gasteiger partial charge in [0.1, 0.15) is 0 Å². The van der Waals surface area contributed by atoms with Crippen LogP contribution in [0.2, 0.25) is 5.02 Å². The van der Waals surface area contributed by atoms with Crippen molar-refractivity contribution in [2.75, 3.05) is 45.8 Å². The Morgan fingerprint density at radius 2 is 2.00 bits per heavy atom. The Hall–Kier alpha value is -1.59. The number of carbonyl (C=O) groups excluding carboxylic acids is 2. The van der Waals surface area contributed by atoms with Gasteiger partial charge in [0.05, 0.1) is 5.92 Å². The lowest BCUT2D eigenvalue weighted by molar-refractivity contribution is -0.137. The molecule has 0 aromatic heterocycles. The summed E-state index contributed by atoms with van der Waals surface area (Å²) in [5, 5.41) is 0.713. The number of nitrogens with zero attached hydrogens (tertiary/aromatic N) is 3. The van der Waals surface area contributed by atoms with E-state index < -0.39 is 0 Å². The Balaban J connectivity index is 1.51. The SMILES string of the molecule is CCN1CCN(C(=O)C2CC(=O)N(CCc3cccc(Cl)c3)C2)CC1. The van der Waals surface area contributed by atoms with Crippen LogP contribution < -0.4 is 0 Å². The van der Waals surface area contributed by atoms with Gasteiger partial charge in [-0.3, -0.25) is 9.59 Å². The van der Waals surface area contributed by atoms with Crippen LogP contribution in [0, 0.1) is 5.92 Å². The predicted molar refractivity (Wildman–Crippen MR) is 98.5 cm³/mol. The average molecular weight is 364 g/mol. The number of hydrogen-bond acceptors (Lipinski definition) is 3. The molecule has 0 radical (unpaired) electrons. The van der Waals surface area contributed by atoms with Gasteiger partial charge >= 0.3 is 0 Å². The summed E-state index contributed by atoms with van der Waals surface area (Å²) in [6.07, 6.45) is 1.12. The standard InChI is InChI=1S/C19H26ClN3O2/c1-2-21-8-10-22(11-9-21)19(25)16-13-18(24)23(14-16)7-6-15-4-3-5-17(20)12-15/h3-5,12,16H,2,6-11,13-14H2,1H3. The number of halogens is 1. The zero-order valence-corrected chi connectivity index (χ0v) is 15.5. The van der Waals surface area contributed by atoms with Crippen molar-refractivity contribution in [2.24, 2.45) is 5.92 Å². The molecule has 25 heavy (non-hydrogen) atoms. The fourth-order valence-corrected chi connectivity index (χ4v) is 3.87. The molecule has 5 nitrogen and oxygen atoms in total. The third-order valence-electron chi connectivity index (χ3n) is 5.25. The maximum atomic E-state index is 12.7. The third kappa shape index (κ3) is 4.53. The topological polar surface area (TPSA) is 43.9 Å². The van der Waals surface area contributed by atoms with Crippen LogP contribution in [0.4, 0.5) is 0 Å². The van der Waals surface area contributed by atoms with Gasteiger partial charge in [0, 0.05) is 50.7 Å². The summed E-state index contributed by atoms with van der Waals surface area (Å²) in [6, 6.07) is 7.71. The maximum absolute atomic E-state index is 12.7. The Labute approximate surface area is 154 Å². The van der Waals surface area contributed by atoms with Crippen molar-refractivity contribution in [3.05, 3.63) is 34.9 Å². The van der Waals surface area contributed by atoms with E-state index in [-0.39, 0.29) is 17.7 Å². The third-order valence-corrected chi connectivity index (χ3v) is 5.49. The summed E-state index contributed by atoms with van der Waals surface area (Å²) < 4.78 is 0. The number of piperazine rings is 1. The number of likely N-dealkylation sites (N-methyl/N-ethyl adjacent to an activating group) is 1. The molecule has 2 aliphatic rings. The average Bonchev–Trinajstić information content (AvgIpc) is 3.00. The second-order valence-corrected chi connectivity index (χ2v) is 7.32. The van der Waals surface area contributed by atoms with Crippen molar-refractivity contribution >= 4 is 23.4 Å². The molecule has 2 saturated heterocycles. The molecule has 2 heterocycles. The van der Waals surface area contributed by atoms with E-state index in [0.717, 1.165) is 44.7 Å². The van der Waals surface area contributed by atoms with E-state index in [9.17, 15) is 9.59 Å². The number of rotatable bonds is 5. The van der Waals surface area contributed by atoms with Crippen molar-refractivity contribution in [1.82, 2.24) is 14.7 Å². The fraction of sp³-hybridized carbons (Fsp3) is 0.579. The minimum absolute atomic E-state index is 0.0903. The second-order valence-electron chi connectivity index (χ2n) is 6.88. The summed E-state index contributed by atoms with van der Waals surface area (Å²) in [6.45, 7) is 7.79. The van der Waals surface area contributed by atoms with Gasteiger partial charge in [0.2, 0.25) is 11.8 Å².